The number of fused-ring (bicyclic) bond motifs is 9. The summed E-state index contributed by atoms with van der Waals surface area (Å²) in [6, 6.07) is 20.3. The summed E-state index contributed by atoms with van der Waals surface area (Å²) < 4.78 is 0. The zero-order chi connectivity index (χ0) is 85.2. The maximum atomic E-state index is 15.4. The summed E-state index contributed by atoms with van der Waals surface area (Å²) in [5, 5.41) is 72.6. The average molecular weight is 1670 g/mol. The molecule has 0 saturated carbocycles. The highest BCUT2D eigenvalue weighted by Crippen LogP contribution is 2.32. The van der Waals surface area contributed by atoms with Gasteiger partial charge in [-0.2, -0.15) is 0 Å². The van der Waals surface area contributed by atoms with Gasteiger partial charge < -0.3 is 95.3 Å². The first kappa shape index (κ1) is 88.5. The number of carbonyl (C=O) groups is 15. The van der Waals surface area contributed by atoms with E-state index in [-0.39, 0.29) is 89.5 Å². The van der Waals surface area contributed by atoms with E-state index in [1.54, 1.807) is 146 Å². The first-order valence-corrected chi connectivity index (χ1v) is 41.5. The number of nitrogens with zero attached hydrogens (tertiary/aromatic N) is 2. The summed E-state index contributed by atoms with van der Waals surface area (Å²) in [5.74, 6) is -17.1. The smallest absolute Gasteiger partial charge is 0.315 e. The van der Waals surface area contributed by atoms with Gasteiger partial charge in [-0.15, -0.1) is 0 Å². The molecule has 4 aliphatic heterocycles. The molecule has 4 fully saturated rings. The van der Waals surface area contributed by atoms with Crippen molar-refractivity contribution >= 4 is 144 Å². The molecule has 6 aromatic rings. The minimum absolute atomic E-state index is 0.0539. The van der Waals surface area contributed by atoms with Crippen molar-refractivity contribution in [3.05, 3.63) is 168 Å². The number of imide groups is 1. The SMILES string of the molecule is N=C(N)NCCC[C@@H]1NC(=O)[C@H]2CCCN2C(=O)[C@@H]2CCCN2C(=O)[C@H](CCCNC(=N)N)NC(=O)C[C@H](c2cccc3ccccc23)NC(=O)N[C@H]2CSSC[C@H](NC(=O)C[C@H](c3cccc4ccccc34)NC1=O)C(=O)N[C@@H](Cc1ccccc1)C(=O)N[C@@H](CC(=O)O)C(=O)NC(=O)[C@H](CC(=O)O)NC(=O)[C@H](Cc1ccccc1)NC2=O. The number of hydrogen-bond acceptors (Lipinski definition) is 19. The van der Waals surface area contributed by atoms with Crippen molar-refractivity contribution in [3.63, 3.8) is 0 Å². The quantitative estimate of drug-likeness (QED) is 0.0185. The van der Waals surface area contributed by atoms with E-state index in [0.29, 0.717) is 56.6 Å². The fourth-order valence-corrected chi connectivity index (χ4v) is 17.1. The lowest BCUT2D eigenvalue weighted by Crippen LogP contribution is -2.60. The number of carbonyl (C=O) groups excluding carboxylic acids is 13. The molecular weight excluding hydrogens is 1580 g/mol. The predicted molar refractivity (Wildman–Crippen MR) is 440 cm³/mol. The highest BCUT2D eigenvalue weighted by atomic mass is 33.1. The Balaban J connectivity index is 1.10. The van der Waals surface area contributed by atoms with E-state index in [1.165, 1.54) is 9.80 Å². The maximum absolute atomic E-state index is 15.4. The van der Waals surface area contributed by atoms with Gasteiger partial charge in [0.05, 0.1) is 37.8 Å². The number of carboxylic acids is 2. The second-order valence-corrected chi connectivity index (χ2v) is 31.8. The predicted octanol–water partition coefficient (Wildman–Crippen LogP) is 0.728. The maximum Gasteiger partial charge on any atom is 0.315 e. The van der Waals surface area contributed by atoms with Crippen LogP contribution in [0.1, 0.15) is 111 Å². The van der Waals surface area contributed by atoms with Gasteiger partial charge in [-0.3, -0.25) is 83.3 Å². The molecule has 10 rings (SSSR count). The Labute approximate surface area is 691 Å². The van der Waals surface area contributed by atoms with Crippen molar-refractivity contribution in [2.45, 2.75) is 162 Å². The van der Waals surface area contributed by atoms with Gasteiger partial charge in [-0.1, -0.05) is 167 Å². The highest BCUT2D eigenvalue weighted by molar-refractivity contribution is 8.76. The summed E-state index contributed by atoms with van der Waals surface area (Å²) in [5.41, 5.74) is 12.9. The molecule has 4 aliphatic rings. The standard InChI is InChI=1S/C81H97N19O17S2/c82-79(83)86-33-13-29-53-69(107)91-55(51-27-11-23-47-21-7-9-25-49(47)51)39-66(102)89-61-43-118-119-44-62(75(113)93-58(38-46-19-5-2-6-20-46)71(109)95-60(42-68(105)106)73(111)98-72(110)59(41-67(103)104)94-70(108)57(92-74(61)112)37-45-17-3-1-4-18-45)97-81(117)96-56(52-28-12-24-48-22-8-10-26-50(48)52)40-65(101)88-54(30-14-34-87-80(84)85)77(115)100-36-16-32-64(100)78(116)99-35-15-31-63(99)76(114)90-53/h1-12,17-28,53-64H,13-16,29-44H2,(H,88,101)(H,89,102)(H,90,114)(H,91,107)(H,92,112)(H,93,113)(H,94,108)(H,95,109)(H,103,104)(H,105,106)(H4,82,83,86)(H4,84,85,87)(H2,96,97,117)(H,98,110,111)/t53-,54-,55+,56+,57-,58-,59-,60-,61-,62-,63+,64-/m0/s1. The van der Waals surface area contributed by atoms with Crippen LogP contribution in [0.4, 0.5) is 4.79 Å². The Morgan fingerprint density at radius 3 is 1.31 bits per heavy atom. The monoisotopic (exact) mass is 1670 g/mol. The number of benzene rings is 6. The summed E-state index contributed by atoms with van der Waals surface area (Å²) in [7, 11) is 1.71. The second-order valence-electron chi connectivity index (χ2n) is 29.2. The van der Waals surface area contributed by atoms with Crippen molar-refractivity contribution < 1.29 is 82.1 Å². The Morgan fingerprint density at radius 2 is 0.815 bits per heavy atom. The van der Waals surface area contributed by atoms with Crippen molar-refractivity contribution in [1.29, 1.82) is 10.8 Å². The second kappa shape index (κ2) is 42.8. The third-order valence-electron chi connectivity index (χ3n) is 20.6. The molecule has 4 saturated heterocycles. The fraction of sp³-hybridized carbons (Fsp3) is 0.395. The summed E-state index contributed by atoms with van der Waals surface area (Å²) in [4.78, 5) is 224. The van der Waals surface area contributed by atoms with Crippen LogP contribution in [0.2, 0.25) is 0 Å². The molecule has 0 unspecified atom stereocenters. The van der Waals surface area contributed by atoms with Gasteiger partial charge in [0.2, 0.25) is 70.9 Å². The number of aliphatic carboxylic acids is 2. The Hall–Kier alpha value is -12.9. The van der Waals surface area contributed by atoms with E-state index in [0.717, 1.165) is 21.6 Å². The molecule has 119 heavy (non-hydrogen) atoms. The van der Waals surface area contributed by atoms with E-state index >= 15 is 43.2 Å². The van der Waals surface area contributed by atoms with E-state index in [1.807, 2.05) is 5.32 Å². The lowest BCUT2D eigenvalue weighted by molar-refractivity contribution is -0.148. The largest absolute Gasteiger partial charge is 0.481 e. The van der Waals surface area contributed by atoms with E-state index < -0.39 is 199 Å². The molecule has 2 bridgehead atoms. The van der Waals surface area contributed by atoms with Gasteiger partial charge in [0, 0.05) is 50.5 Å². The first-order valence-electron chi connectivity index (χ1n) is 39.0. The molecule has 0 aliphatic carbocycles. The average Bonchev–Trinajstić information content (AvgIpc) is 1.39. The first-order chi connectivity index (χ1) is 57.2. The number of nitrogens with two attached hydrogens (primary N) is 2. The van der Waals surface area contributed by atoms with Crippen LogP contribution in [0.15, 0.2) is 146 Å². The number of urea groups is 1. The molecular formula is C81H97N19O17S2. The van der Waals surface area contributed by atoms with Gasteiger partial charge in [-0.05, 0) is 95.2 Å². The fourth-order valence-electron chi connectivity index (χ4n) is 14.8. The van der Waals surface area contributed by atoms with Crippen LogP contribution in [-0.4, -0.2) is 219 Å². The highest BCUT2D eigenvalue weighted by Gasteiger charge is 2.45. The lowest BCUT2D eigenvalue weighted by atomic mass is 9.95. The summed E-state index contributed by atoms with van der Waals surface area (Å²) in [6.07, 6.45) is -3.38. The third kappa shape index (κ3) is 25.3. The Bertz CT molecular complexity index is 4770. The van der Waals surface area contributed by atoms with E-state index in [9.17, 15) is 39.0 Å². The molecule has 6 aromatic carbocycles. The number of guanidine groups is 2. The minimum atomic E-state index is -2.15. The number of hydrogen-bond donors (Lipinski definition) is 19. The molecule has 21 N–H and O–H groups in total. The van der Waals surface area contributed by atoms with Crippen molar-refractivity contribution in [2.75, 3.05) is 37.7 Å². The zero-order valence-corrected chi connectivity index (χ0v) is 66.4. The molecule has 14 amide bonds. The molecule has 630 valence electrons. The number of carboxylic acid groups (broad SMARTS) is 2. The van der Waals surface area contributed by atoms with E-state index in [4.69, 9.17) is 22.3 Å². The molecule has 12 atom stereocenters. The van der Waals surface area contributed by atoms with Crippen LogP contribution >= 0.6 is 21.6 Å². The van der Waals surface area contributed by atoms with Gasteiger partial charge in [-0.25, -0.2) is 4.79 Å². The molecule has 4 heterocycles. The van der Waals surface area contributed by atoms with Crippen LogP contribution < -0.4 is 80.6 Å². The van der Waals surface area contributed by atoms with Crippen LogP contribution in [0, 0.1) is 10.8 Å². The molecule has 0 spiro atoms. The van der Waals surface area contributed by atoms with Gasteiger partial charge in [0.1, 0.15) is 60.4 Å². The van der Waals surface area contributed by atoms with Crippen LogP contribution in [0.5, 0.6) is 0 Å². The van der Waals surface area contributed by atoms with Crippen LogP contribution in [0.25, 0.3) is 21.5 Å². The van der Waals surface area contributed by atoms with Crippen LogP contribution in [0.3, 0.4) is 0 Å². The molecule has 0 aromatic heterocycles. The van der Waals surface area contributed by atoms with Crippen molar-refractivity contribution in [1.82, 2.24) is 78.9 Å². The van der Waals surface area contributed by atoms with Gasteiger partial charge in [0.15, 0.2) is 11.9 Å². The number of amides is 14. The Morgan fingerprint density at radius 1 is 0.412 bits per heavy atom. The van der Waals surface area contributed by atoms with Gasteiger partial charge >= 0.3 is 18.0 Å². The third-order valence-corrected chi connectivity index (χ3v) is 23.0. The van der Waals surface area contributed by atoms with Gasteiger partial charge in [0.25, 0.3) is 0 Å². The van der Waals surface area contributed by atoms with Crippen molar-refractivity contribution in [2.24, 2.45) is 11.5 Å². The Kier molecular flexibility index (Phi) is 31.9. The lowest BCUT2D eigenvalue weighted by Gasteiger charge is -2.33. The summed E-state index contributed by atoms with van der Waals surface area (Å²) in [6.45, 7) is 0.253. The minimum Gasteiger partial charge on any atom is -0.481 e. The normalized spacial score (nSPS) is 24.3. The van der Waals surface area contributed by atoms with Crippen LogP contribution in [-0.2, 0) is 80.0 Å². The molecule has 0 radical (unpaired) electrons. The molecule has 38 heteroatoms. The van der Waals surface area contributed by atoms with Crippen molar-refractivity contribution in [3.8, 4) is 0 Å². The number of rotatable bonds is 18. The summed E-state index contributed by atoms with van der Waals surface area (Å²) >= 11 is 0. The van der Waals surface area contributed by atoms with E-state index in [2.05, 4.69) is 63.8 Å². The zero-order valence-electron chi connectivity index (χ0n) is 64.8. The molecule has 36 nitrogen and oxygen atoms in total. The number of nitrogens with one attached hydrogen (secondary N) is 15. The topological polar surface area (TPSA) is 559 Å².